The second-order valence-corrected chi connectivity index (χ2v) is 8.55. The topological polar surface area (TPSA) is 62.2 Å². The molecule has 2 aromatic carbocycles. The second-order valence-electron chi connectivity index (χ2n) is 8.55. The van der Waals surface area contributed by atoms with Crippen molar-refractivity contribution in [3.63, 3.8) is 0 Å². The largest absolute Gasteiger partial charge is 0.416 e. The van der Waals surface area contributed by atoms with Crippen molar-refractivity contribution >= 4 is 11.6 Å². The van der Waals surface area contributed by atoms with Crippen molar-refractivity contribution < 1.29 is 23.1 Å². The molecule has 1 unspecified atom stereocenters. The van der Waals surface area contributed by atoms with Gasteiger partial charge in [-0.1, -0.05) is 43.2 Å². The molecule has 0 bridgehead atoms. The van der Waals surface area contributed by atoms with Crippen LogP contribution in [0.1, 0.15) is 42.5 Å². The van der Waals surface area contributed by atoms with Gasteiger partial charge in [0.2, 0.25) is 0 Å². The van der Waals surface area contributed by atoms with Gasteiger partial charge in [0.25, 0.3) is 5.91 Å². The number of nitrogens with one attached hydrogen (secondary N) is 1. The number of rotatable bonds is 5. The van der Waals surface area contributed by atoms with Gasteiger partial charge in [0.1, 0.15) is 0 Å². The van der Waals surface area contributed by atoms with Crippen LogP contribution < -0.4 is 5.32 Å². The third kappa shape index (κ3) is 4.78. The molecule has 1 aliphatic carbocycles. The van der Waals surface area contributed by atoms with Gasteiger partial charge < -0.3 is 10.4 Å². The summed E-state index contributed by atoms with van der Waals surface area (Å²) >= 11 is 0. The predicted octanol–water partition coefficient (Wildman–Crippen LogP) is 6.09. The van der Waals surface area contributed by atoms with Crippen molar-refractivity contribution in [2.24, 2.45) is 5.92 Å². The summed E-state index contributed by atoms with van der Waals surface area (Å²) in [5, 5.41) is 14.2. The first-order valence-electron chi connectivity index (χ1n) is 10.9. The number of aliphatic hydroxyl groups is 1. The van der Waals surface area contributed by atoms with Crippen LogP contribution in [0.25, 0.3) is 11.1 Å². The zero-order chi connectivity index (χ0) is 23.6. The molecule has 2 N–H and O–H groups in total. The molecule has 1 fully saturated rings. The fourth-order valence-electron chi connectivity index (χ4n) is 4.57. The molecule has 0 aliphatic heterocycles. The number of anilines is 1. The standard InChI is InChI=1S/C26H25F3N2O2/c1-17-13-18(11-12-30-17)19-14-22(26(27,28)29)16-23(15-19)31-24(32)25(33,21-9-5-6-10-21)20-7-3-2-4-8-20/h2-4,7-8,11-16,21,33H,5-6,9-10H2,1H3,(H,31,32). The first-order valence-corrected chi connectivity index (χ1v) is 10.9. The smallest absolute Gasteiger partial charge is 0.375 e. The molecule has 1 aromatic heterocycles. The van der Waals surface area contributed by atoms with Crippen molar-refractivity contribution in [1.82, 2.24) is 4.98 Å². The minimum absolute atomic E-state index is 0.0216. The summed E-state index contributed by atoms with van der Waals surface area (Å²) in [5.74, 6) is -1.04. The first kappa shape index (κ1) is 23.0. The van der Waals surface area contributed by atoms with Gasteiger partial charge in [0, 0.05) is 23.5 Å². The quantitative estimate of drug-likeness (QED) is 0.490. The lowest BCUT2D eigenvalue weighted by atomic mass is 9.79. The number of hydrogen-bond donors (Lipinski definition) is 2. The van der Waals surface area contributed by atoms with E-state index >= 15 is 0 Å². The van der Waals surface area contributed by atoms with E-state index < -0.39 is 23.2 Å². The lowest BCUT2D eigenvalue weighted by Gasteiger charge is -2.33. The average molecular weight is 454 g/mol. The van der Waals surface area contributed by atoms with Crippen LogP contribution in [0.2, 0.25) is 0 Å². The van der Waals surface area contributed by atoms with Crippen LogP contribution in [-0.2, 0) is 16.6 Å². The van der Waals surface area contributed by atoms with E-state index in [1.54, 1.807) is 49.4 Å². The van der Waals surface area contributed by atoms with Gasteiger partial charge in [-0.15, -0.1) is 0 Å². The van der Waals surface area contributed by atoms with E-state index in [2.05, 4.69) is 10.3 Å². The Morgan fingerprint density at radius 3 is 2.30 bits per heavy atom. The van der Waals surface area contributed by atoms with Gasteiger partial charge in [0.15, 0.2) is 5.60 Å². The van der Waals surface area contributed by atoms with E-state index in [4.69, 9.17) is 0 Å². The highest BCUT2D eigenvalue weighted by molar-refractivity contribution is 5.98. The summed E-state index contributed by atoms with van der Waals surface area (Å²) in [6.45, 7) is 1.75. The summed E-state index contributed by atoms with van der Waals surface area (Å²) in [5.41, 5.74) is -0.783. The fourth-order valence-corrected chi connectivity index (χ4v) is 4.57. The van der Waals surface area contributed by atoms with Gasteiger partial charge in [-0.3, -0.25) is 9.78 Å². The maximum atomic E-state index is 13.7. The van der Waals surface area contributed by atoms with Crippen LogP contribution >= 0.6 is 0 Å². The van der Waals surface area contributed by atoms with Gasteiger partial charge in [0.05, 0.1) is 5.56 Å². The number of amides is 1. The SMILES string of the molecule is Cc1cc(-c2cc(NC(=O)C(O)(c3ccccc3)C3CCCC3)cc(C(F)(F)F)c2)ccn1. The normalized spacial score (nSPS) is 16.4. The van der Waals surface area contributed by atoms with E-state index in [9.17, 15) is 23.1 Å². The molecule has 1 heterocycles. The van der Waals surface area contributed by atoms with Crippen molar-refractivity contribution in [3.05, 3.63) is 83.7 Å². The Morgan fingerprint density at radius 1 is 0.970 bits per heavy atom. The predicted molar refractivity (Wildman–Crippen MR) is 120 cm³/mol. The number of carbonyl (C=O) groups excluding carboxylic acids is 1. The van der Waals surface area contributed by atoms with Crippen LogP contribution in [0.5, 0.6) is 0 Å². The minimum atomic E-state index is -4.60. The highest BCUT2D eigenvalue weighted by Gasteiger charge is 2.46. The number of halogens is 3. The van der Waals surface area contributed by atoms with Gasteiger partial charge >= 0.3 is 6.18 Å². The molecule has 3 aromatic rings. The molecule has 172 valence electrons. The zero-order valence-corrected chi connectivity index (χ0v) is 18.2. The highest BCUT2D eigenvalue weighted by atomic mass is 19.4. The lowest BCUT2D eigenvalue weighted by molar-refractivity contribution is -0.141. The molecule has 0 saturated heterocycles. The third-order valence-corrected chi connectivity index (χ3v) is 6.25. The molecular weight excluding hydrogens is 429 g/mol. The summed E-state index contributed by atoms with van der Waals surface area (Å²) in [7, 11) is 0. The number of alkyl halides is 3. The number of nitrogens with zero attached hydrogens (tertiary/aromatic N) is 1. The number of aryl methyl sites for hydroxylation is 1. The Kier molecular flexibility index (Phi) is 6.26. The summed E-state index contributed by atoms with van der Waals surface area (Å²) < 4.78 is 41.0. The third-order valence-electron chi connectivity index (χ3n) is 6.25. The van der Waals surface area contributed by atoms with E-state index in [0.29, 0.717) is 35.2 Å². The number of carbonyl (C=O) groups is 1. The molecule has 1 saturated carbocycles. The van der Waals surface area contributed by atoms with E-state index in [1.807, 2.05) is 0 Å². The van der Waals surface area contributed by atoms with Crippen molar-refractivity contribution in [3.8, 4) is 11.1 Å². The first-order chi connectivity index (χ1) is 15.7. The van der Waals surface area contributed by atoms with Crippen molar-refractivity contribution in [2.75, 3.05) is 5.32 Å². The molecule has 1 aliphatic rings. The average Bonchev–Trinajstić information content (AvgIpc) is 3.34. The molecule has 4 rings (SSSR count). The van der Waals surface area contributed by atoms with Crippen molar-refractivity contribution in [2.45, 2.75) is 44.4 Å². The Balaban J connectivity index is 1.75. The number of pyridine rings is 1. The summed E-state index contributed by atoms with van der Waals surface area (Å²) in [6.07, 6.45) is 0.0481. The molecule has 0 radical (unpaired) electrons. The highest BCUT2D eigenvalue weighted by Crippen LogP contribution is 2.42. The molecule has 4 nitrogen and oxygen atoms in total. The number of benzene rings is 2. The van der Waals surface area contributed by atoms with Crippen LogP contribution in [0.4, 0.5) is 18.9 Å². The Hall–Kier alpha value is -3.19. The zero-order valence-electron chi connectivity index (χ0n) is 18.2. The van der Waals surface area contributed by atoms with Gasteiger partial charge in [-0.2, -0.15) is 13.2 Å². The lowest BCUT2D eigenvalue weighted by Crippen LogP contribution is -2.45. The molecule has 1 amide bonds. The second kappa shape index (κ2) is 8.98. The Morgan fingerprint density at radius 2 is 1.67 bits per heavy atom. The molecule has 33 heavy (non-hydrogen) atoms. The van der Waals surface area contributed by atoms with E-state index in [-0.39, 0.29) is 11.6 Å². The van der Waals surface area contributed by atoms with Gasteiger partial charge in [-0.05, 0) is 66.8 Å². The van der Waals surface area contributed by atoms with Crippen molar-refractivity contribution in [1.29, 1.82) is 0 Å². The maximum absolute atomic E-state index is 13.7. The number of aromatic nitrogens is 1. The van der Waals surface area contributed by atoms with Crippen LogP contribution in [0.15, 0.2) is 66.9 Å². The molecular formula is C26H25F3N2O2. The number of hydrogen-bond acceptors (Lipinski definition) is 3. The van der Waals surface area contributed by atoms with Crippen LogP contribution in [-0.4, -0.2) is 16.0 Å². The summed E-state index contributed by atoms with van der Waals surface area (Å²) in [6, 6.07) is 15.3. The monoisotopic (exact) mass is 454 g/mol. The minimum Gasteiger partial charge on any atom is -0.375 e. The maximum Gasteiger partial charge on any atom is 0.416 e. The fraction of sp³-hybridized carbons (Fsp3) is 0.308. The van der Waals surface area contributed by atoms with Crippen LogP contribution in [0.3, 0.4) is 0 Å². The van der Waals surface area contributed by atoms with E-state index in [1.165, 1.54) is 12.3 Å². The van der Waals surface area contributed by atoms with Gasteiger partial charge in [-0.25, -0.2) is 0 Å². The van der Waals surface area contributed by atoms with Crippen LogP contribution in [0, 0.1) is 12.8 Å². The Bertz CT molecular complexity index is 1140. The summed E-state index contributed by atoms with van der Waals surface area (Å²) in [4.78, 5) is 17.5. The Labute approximate surface area is 190 Å². The molecule has 7 heteroatoms. The molecule has 0 spiro atoms. The van der Waals surface area contributed by atoms with E-state index in [0.717, 1.165) is 25.0 Å². The molecule has 1 atom stereocenters.